The summed E-state index contributed by atoms with van der Waals surface area (Å²) in [4.78, 5) is 1.49. The fourth-order valence-electron chi connectivity index (χ4n) is 6.21. The Labute approximate surface area is 207 Å². The monoisotopic (exact) mass is 465 g/mol. The summed E-state index contributed by atoms with van der Waals surface area (Å²) in [6.45, 7) is 4.78. The van der Waals surface area contributed by atoms with Crippen LogP contribution in [-0.4, -0.2) is 4.57 Å². The first-order valence-corrected chi connectivity index (χ1v) is 13.0. The van der Waals surface area contributed by atoms with Gasteiger partial charge in [0.05, 0.1) is 11.0 Å². The molecule has 0 radical (unpaired) electrons. The third-order valence-corrected chi connectivity index (χ3v) is 9.40. The smallest absolute Gasteiger partial charge is 0.0547 e. The van der Waals surface area contributed by atoms with Crippen LogP contribution in [0.2, 0.25) is 0 Å². The molecule has 0 spiro atoms. The normalized spacial score (nSPS) is 14.2. The quantitative estimate of drug-likeness (QED) is 0.227. The maximum atomic E-state index is 2.48. The Hall–Kier alpha value is -3.88. The fourth-order valence-corrected chi connectivity index (χ4v) is 7.54. The lowest BCUT2D eigenvalue weighted by Gasteiger charge is -2.20. The van der Waals surface area contributed by atoms with E-state index in [4.69, 9.17) is 0 Å². The number of fused-ring (bicyclic) bond motifs is 9. The molecule has 5 aromatic carbocycles. The van der Waals surface area contributed by atoms with E-state index in [1.165, 1.54) is 69.9 Å². The topological polar surface area (TPSA) is 4.93 Å². The van der Waals surface area contributed by atoms with Crippen LogP contribution in [0, 0.1) is 0 Å². The molecule has 0 fully saturated rings. The number of para-hydroxylation sites is 1. The molecular weight excluding hydrogens is 442 g/mol. The number of hydrogen-bond donors (Lipinski definition) is 0. The van der Waals surface area contributed by atoms with Crippen molar-refractivity contribution in [3.63, 3.8) is 0 Å². The van der Waals surface area contributed by atoms with E-state index in [2.05, 4.69) is 122 Å². The molecule has 0 unspecified atom stereocenters. The van der Waals surface area contributed by atoms with Crippen LogP contribution in [0.3, 0.4) is 0 Å². The van der Waals surface area contributed by atoms with Gasteiger partial charge in [0.25, 0.3) is 0 Å². The second-order valence-corrected chi connectivity index (χ2v) is 11.3. The highest BCUT2D eigenvalue weighted by Crippen LogP contribution is 2.56. The number of aromatic nitrogens is 1. The van der Waals surface area contributed by atoms with Crippen molar-refractivity contribution in [1.29, 1.82) is 0 Å². The lowest BCUT2D eigenvalue weighted by Crippen LogP contribution is -2.13. The first-order chi connectivity index (χ1) is 17.1. The highest BCUT2D eigenvalue weighted by atomic mass is 32.1. The predicted molar refractivity (Wildman–Crippen MR) is 151 cm³/mol. The Kier molecular flexibility index (Phi) is 3.67. The second-order valence-electron chi connectivity index (χ2n) is 10.2. The van der Waals surface area contributed by atoms with Crippen LogP contribution in [0.4, 0.5) is 0 Å². The highest BCUT2D eigenvalue weighted by molar-refractivity contribution is 7.20. The maximum absolute atomic E-state index is 2.48. The molecule has 0 atom stereocenters. The van der Waals surface area contributed by atoms with Crippen LogP contribution in [0.1, 0.15) is 24.3 Å². The van der Waals surface area contributed by atoms with Crippen LogP contribution in [0.15, 0.2) is 103 Å². The van der Waals surface area contributed by atoms with Crippen molar-refractivity contribution in [2.45, 2.75) is 19.3 Å². The first kappa shape index (κ1) is 19.4. The van der Waals surface area contributed by atoms with Gasteiger partial charge in [-0.05, 0) is 58.3 Å². The Morgan fingerprint density at radius 3 is 2.26 bits per heavy atom. The molecule has 0 bridgehead atoms. The summed E-state index contributed by atoms with van der Waals surface area (Å²) in [5.74, 6) is 0. The molecule has 8 rings (SSSR count). The van der Waals surface area contributed by atoms with Gasteiger partial charge in [-0.3, -0.25) is 0 Å². The van der Waals surface area contributed by atoms with Crippen molar-refractivity contribution in [2.75, 3.05) is 0 Å². The summed E-state index contributed by atoms with van der Waals surface area (Å²) in [5, 5.41) is 6.57. The number of thiophene rings is 1. The van der Waals surface area contributed by atoms with Crippen LogP contribution >= 0.6 is 11.3 Å². The van der Waals surface area contributed by atoms with Gasteiger partial charge in [-0.1, -0.05) is 80.6 Å². The van der Waals surface area contributed by atoms with E-state index in [-0.39, 0.29) is 5.41 Å². The minimum atomic E-state index is -0.00526. The average Bonchev–Trinajstić information content (AvgIpc) is 3.50. The van der Waals surface area contributed by atoms with Crippen LogP contribution in [0.5, 0.6) is 0 Å². The molecule has 1 nitrogen and oxygen atoms in total. The van der Waals surface area contributed by atoms with E-state index in [1.54, 1.807) is 0 Å². The third kappa shape index (κ3) is 2.47. The van der Waals surface area contributed by atoms with Crippen molar-refractivity contribution < 1.29 is 0 Å². The molecule has 0 saturated heterocycles. The SMILES string of the molecule is CC1(C)c2cc3c4ccccc4n(-c4ccc5ccccc5c4)c3cc2-c2c1sc1ccccc21. The van der Waals surface area contributed by atoms with Gasteiger partial charge in [0.1, 0.15) is 0 Å². The Morgan fingerprint density at radius 1 is 0.629 bits per heavy atom. The lowest BCUT2D eigenvalue weighted by molar-refractivity contribution is 0.675. The van der Waals surface area contributed by atoms with Crippen molar-refractivity contribution in [3.05, 3.63) is 114 Å². The zero-order valence-electron chi connectivity index (χ0n) is 19.7. The molecule has 2 heteroatoms. The molecule has 1 aliphatic rings. The van der Waals surface area contributed by atoms with Gasteiger partial charge in [-0.25, -0.2) is 0 Å². The summed E-state index contributed by atoms with van der Waals surface area (Å²) < 4.78 is 3.84. The minimum absolute atomic E-state index is 0.00526. The maximum Gasteiger partial charge on any atom is 0.0547 e. The van der Waals surface area contributed by atoms with Crippen molar-refractivity contribution in [1.82, 2.24) is 4.57 Å². The van der Waals surface area contributed by atoms with E-state index < -0.39 is 0 Å². The van der Waals surface area contributed by atoms with Gasteiger partial charge in [-0.15, -0.1) is 11.3 Å². The zero-order chi connectivity index (χ0) is 23.3. The molecule has 0 saturated carbocycles. The van der Waals surface area contributed by atoms with Crippen LogP contribution in [-0.2, 0) is 5.41 Å². The zero-order valence-corrected chi connectivity index (χ0v) is 20.5. The number of benzene rings is 5. The molecule has 0 N–H and O–H groups in total. The third-order valence-electron chi connectivity index (χ3n) is 7.91. The van der Waals surface area contributed by atoms with Crippen LogP contribution in [0.25, 0.3) is 59.5 Å². The molecule has 2 aromatic heterocycles. The average molecular weight is 466 g/mol. The van der Waals surface area contributed by atoms with Crippen molar-refractivity contribution in [2.24, 2.45) is 0 Å². The van der Waals surface area contributed by atoms with Gasteiger partial charge in [-0.2, -0.15) is 0 Å². The Balaban J connectivity index is 1.52. The standard InChI is InChI=1S/C33H23NS/c1-33(2)27-18-25-23-11-5-7-13-28(23)34(22-16-15-20-9-3-4-10-21(20)17-22)29(25)19-26(27)31-24-12-6-8-14-30(24)35-32(31)33/h3-19H,1-2H3. The van der Waals surface area contributed by atoms with Crippen LogP contribution < -0.4 is 0 Å². The van der Waals surface area contributed by atoms with E-state index in [0.717, 1.165) is 0 Å². The largest absolute Gasteiger partial charge is 0.309 e. The second kappa shape index (κ2) is 6.62. The fraction of sp³-hybridized carbons (Fsp3) is 0.0909. The first-order valence-electron chi connectivity index (χ1n) is 12.2. The summed E-state index contributed by atoms with van der Waals surface area (Å²) >= 11 is 1.96. The summed E-state index contributed by atoms with van der Waals surface area (Å²) in [6.07, 6.45) is 0. The summed E-state index contributed by atoms with van der Waals surface area (Å²) in [7, 11) is 0. The molecule has 35 heavy (non-hydrogen) atoms. The Morgan fingerprint density at radius 2 is 1.37 bits per heavy atom. The minimum Gasteiger partial charge on any atom is -0.309 e. The predicted octanol–water partition coefficient (Wildman–Crippen LogP) is 9.46. The number of nitrogens with zero attached hydrogens (tertiary/aromatic N) is 1. The van der Waals surface area contributed by atoms with Crippen molar-refractivity contribution in [3.8, 4) is 16.8 Å². The number of rotatable bonds is 1. The van der Waals surface area contributed by atoms with Gasteiger partial charge in [0, 0.05) is 42.4 Å². The van der Waals surface area contributed by atoms with Gasteiger partial charge >= 0.3 is 0 Å². The van der Waals surface area contributed by atoms with E-state index in [1.807, 2.05) is 11.3 Å². The van der Waals surface area contributed by atoms with E-state index in [9.17, 15) is 0 Å². The molecule has 2 heterocycles. The Bertz CT molecular complexity index is 1980. The molecule has 166 valence electrons. The van der Waals surface area contributed by atoms with E-state index in [0.29, 0.717) is 0 Å². The molecule has 0 aliphatic heterocycles. The van der Waals surface area contributed by atoms with E-state index >= 15 is 0 Å². The molecule has 1 aliphatic carbocycles. The molecule has 7 aromatic rings. The highest BCUT2D eigenvalue weighted by Gasteiger charge is 2.39. The number of hydrogen-bond acceptors (Lipinski definition) is 1. The lowest BCUT2D eigenvalue weighted by atomic mass is 9.86. The van der Waals surface area contributed by atoms with Gasteiger partial charge in [0.15, 0.2) is 0 Å². The molecule has 0 amide bonds. The summed E-state index contributed by atoms with van der Waals surface area (Å²) in [5.41, 5.74) is 8.01. The van der Waals surface area contributed by atoms with Gasteiger partial charge < -0.3 is 4.57 Å². The summed E-state index contributed by atoms with van der Waals surface area (Å²) in [6, 6.07) is 38.1. The molecular formula is C33H23NS. The van der Waals surface area contributed by atoms with Gasteiger partial charge in [0.2, 0.25) is 0 Å². The van der Waals surface area contributed by atoms with Crippen molar-refractivity contribution >= 4 is 54.0 Å².